The van der Waals surface area contributed by atoms with E-state index >= 15 is 0 Å². The van der Waals surface area contributed by atoms with Crippen LogP contribution in [0.25, 0.3) is 0 Å². The number of esters is 1. The highest BCUT2D eigenvalue weighted by Gasteiger charge is 2.43. The van der Waals surface area contributed by atoms with E-state index in [1.807, 2.05) is 13.1 Å². The molecule has 8 heteroatoms. The van der Waals surface area contributed by atoms with Crippen molar-refractivity contribution in [3.63, 3.8) is 0 Å². The Labute approximate surface area is 244 Å². The number of benzene rings is 2. The van der Waals surface area contributed by atoms with Crippen LogP contribution in [0.4, 0.5) is 4.79 Å². The standard InChI is InChI=1S/C33H46N2O6/c1-33(2,3)41-32(37)35-21-28(19-30(35)31(36)39-6)40-27-17-23(16-26(18-27)38-5)15-22-11-13-24(14-12-22)29-10-8-7-9-25(29)20-34-4/h7-10,16-18,22,24,28,30,34H,11-15,19-21H2,1-6H3/t22?,24?,28-,30-/m0/s1. The summed E-state index contributed by atoms with van der Waals surface area (Å²) >= 11 is 0. The Morgan fingerprint density at radius 1 is 1.00 bits per heavy atom. The van der Waals surface area contributed by atoms with Crippen LogP contribution >= 0.6 is 0 Å². The molecule has 2 aromatic rings. The van der Waals surface area contributed by atoms with Gasteiger partial charge in [0.2, 0.25) is 0 Å². The van der Waals surface area contributed by atoms with Crippen LogP contribution in [0.15, 0.2) is 42.5 Å². The van der Waals surface area contributed by atoms with Gasteiger partial charge in [0.1, 0.15) is 29.2 Å². The van der Waals surface area contributed by atoms with Crippen molar-refractivity contribution in [1.29, 1.82) is 0 Å². The van der Waals surface area contributed by atoms with Crippen LogP contribution in [0, 0.1) is 5.92 Å². The van der Waals surface area contributed by atoms with Crippen LogP contribution in [0.5, 0.6) is 11.5 Å². The third-order valence-corrected chi connectivity index (χ3v) is 8.08. The number of nitrogens with zero attached hydrogens (tertiary/aromatic N) is 1. The minimum atomic E-state index is -0.752. The third-order valence-electron chi connectivity index (χ3n) is 8.08. The molecule has 4 rings (SSSR count). The molecule has 1 saturated heterocycles. The molecular weight excluding hydrogens is 520 g/mol. The summed E-state index contributed by atoms with van der Waals surface area (Å²) in [6.07, 6.45) is 5.11. The summed E-state index contributed by atoms with van der Waals surface area (Å²) < 4.78 is 22.5. The van der Waals surface area contributed by atoms with Gasteiger partial charge in [-0.05, 0) is 101 Å². The molecule has 2 atom stereocenters. The Morgan fingerprint density at radius 3 is 2.37 bits per heavy atom. The number of hydrogen-bond acceptors (Lipinski definition) is 7. The fraction of sp³-hybridized carbons (Fsp3) is 0.576. The molecule has 1 N–H and O–H groups in total. The van der Waals surface area contributed by atoms with Gasteiger partial charge < -0.3 is 24.3 Å². The Balaban J connectivity index is 1.41. The Bertz CT molecular complexity index is 1180. The highest BCUT2D eigenvalue weighted by molar-refractivity contribution is 5.82. The van der Waals surface area contributed by atoms with Crippen molar-refractivity contribution in [2.75, 3.05) is 27.8 Å². The summed E-state index contributed by atoms with van der Waals surface area (Å²) in [6.45, 7) is 6.54. The average molecular weight is 567 g/mol. The quantitative estimate of drug-likeness (QED) is 0.381. The van der Waals surface area contributed by atoms with E-state index in [2.05, 4.69) is 41.7 Å². The van der Waals surface area contributed by atoms with E-state index in [1.165, 1.54) is 54.4 Å². The second-order valence-corrected chi connectivity index (χ2v) is 12.3. The summed E-state index contributed by atoms with van der Waals surface area (Å²) in [4.78, 5) is 26.7. The van der Waals surface area contributed by atoms with Crippen molar-refractivity contribution in [3.8, 4) is 11.5 Å². The molecule has 2 aromatic carbocycles. The lowest BCUT2D eigenvalue weighted by Gasteiger charge is -2.30. The molecule has 0 unspecified atom stereocenters. The molecule has 0 aromatic heterocycles. The molecule has 1 saturated carbocycles. The van der Waals surface area contributed by atoms with Gasteiger partial charge in [-0.15, -0.1) is 0 Å². The molecular formula is C33H46N2O6. The molecule has 224 valence electrons. The van der Waals surface area contributed by atoms with E-state index < -0.39 is 23.7 Å². The largest absolute Gasteiger partial charge is 0.497 e. The average Bonchev–Trinajstić information content (AvgIpc) is 3.36. The second kappa shape index (κ2) is 13.6. The first kappa shape index (κ1) is 30.7. The number of rotatable bonds is 9. The zero-order valence-electron chi connectivity index (χ0n) is 25.4. The normalized spacial score (nSPS) is 22.7. The van der Waals surface area contributed by atoms with Gasteiger partial charge in [0.15, 0.2) is 0 Å². The van der Waals surface area contributed by atoms with E-state index in [1.54, 1.807) is 27.9 Å². The molecule has 0 radical (unpaired) electrons. The molecule has 0 bridgehead atoms. The van der Waals surface area contributed by atoms with Gasteiger partial charge in [0.05, 0.1) is 20.8 Å². The van der Waals surface area contributed by atoms with Crippen LogP contribution in [0.2, 0.25) is 0 Å². The zero-order valence-corrected chi connectivity index (χ0v) is 25.4. The summed E-state index contributed by atoms with van der Waals surface area (Å²) in [5, 5.41) is 3.30. The van der Waals surface area contributed by atoms with Crippen LogP contribution in [0.3, 0.4) is 0 Å². The zero-order chi connectivity index (χ0) is 29.6. The number of amides is 1. The van der Waals surface area contributed by atoms with Gasteiger partial charge in [-0.25, -0.2) is 9.59 Å². The summed E-state index contributed by atoms with van der Waals surface area (Å²) in [7, 11) is 4.98. The molecule has 1 amide bonds. The molecule has 0 spiro atoms. The van der Waals surface area contributed by atoms with Crippen LogP contribution in [0.1, 0.15) is 75.5 Å². The molecule has 1 aliphatic carbocycles. The maximum absolute atomic E-state index is 12.8. The van der Waals surface area contributed by atoms with Gasteiger partial charge in [-0.2, -0.15) is 0 Å². The predicted octanol–water partition coefficient (Wildman–Crippen LogP) is 5.86. The predicted molar refractivity (Wildman–Crippen MR) is 158 cm³/mol. The number of hydrogen-bond donors (Lipinski definition) is 1. The highest BCUT2D eigenvalue weighted by Crippen LogP contribution is 2.39. The van der Waals surface area contributed by atoms with E-state index in [0.717, 1.165) is 18.7 Å². The Hall–Kier alpha value is -3.26. The van der Waals surface area contributed by atoms with Crippen molar-refractivity contribution in [3.05, 3.63) is 59.2 Å². The van der Waals surface area contributed by atoms with Gasteiger partial charge >= 0.3 is 12.1 Å². The second-order valence-electron chi connectivity index (χ2n) is 12.3. The number of ether oxygens (including phenoxy) is 4. The molecule has 1 aliphatic heterocycles. The lowest BCUT2D eigenvalue weighted by Crippen LogP contribution is -2.44. The molecule has 2 aliphatic rings. The van der Waals surface area contributed by atoms with Crippen molar-refractivity contribution < 1.29 is 28.5 Å². The number of likely N-dealkylation sites (tertiary alicyclic amines) is 1. The van der Waals surface area contributed by atoms with E-state index in [0.29, 0.717) is 24.0 Å². The van der Waals surface area contributed by atoms with Gasteiger partial charge in [-0.1, -0.05) is 24.3 Å². The first-order valence-electron chi connectivity index (χ1n) is 14.7. The molecule has 8 nitrogen and oxygen atoms in total. The van der Waals surface area contributed by atoms with Crippen LogP contribution < -0.4 is 14.8 Å². The van der Waals surface area contributed by atoms with Crippen molar-refractivity contribution in [1.82, 2.24) is 10.2 Å². The minimum absolute atomic E-state index is 0.236. The molecule has 1 heterocycles. The number of carbonyl (C=O) groups excluding carboxylic acids is 2. The SMILES string of the molecule is CNCc1ccccc1C1CCC(Cc2cc(OC)cc(O[C@H]3C[C@@H](C(=O)OC)N(C(=O)OC(C)(C)C)C3)c2)CC1. The van der Waals surface area contributed by atoms with E-state index in [-0.39, 0.29) is 12.6 Å². The number of carbonyl (C=O) groups is 2. The van der Waals surface area contributed by atoms with Crippen molar-refractivity contribution in [2.45, 2.75) is 89.5 Å². The topological polar surface area (TPSA) is 86.3 Å². The lowest BCUT2D eigenvalue weighted by atomic mass is 9.75. The van der Waals surface area contributed by atoms with Gasteiger partial charge in [-0.3, -0.25) is 4.90 Å². The number of methoxy groups -OCH3 is 2. The van der Waals surface area contributed by atoms with Crippen molar-refractivity contribution >= 4 is 12.1 Å². The first-order valence-corrected chi connectivity index (χ1v) is 14.7. The summed E-state index contributed by atoms with van der Waals surface area (Å²) in [5.74, 6) is 2.14. The van der Waals surface area contributed by atoms with E-state index in [4.69, 9.17) is 18.9 Å². The van der Waals surface area contributed by atoms with Gasteiger partial charge in [0, 0.05) is 19.0 Å². The Morgan fingerprint density at radius 2 is 1.71 bits per heavy atom. The maximum atomic E-state index is 12.8. The smallest absolute Gasteiger partial charge is 0.411 e. The summed E-state index contributed by atoms with van der Waals surface area (Å²) in [6, 6.07) is 14.1. The minimum Gasteiger partial charge on any atom is -0.497 e. The monoisotopic (exact) mass is 566 g/mol. The Kier molecular flexibility index (Phi) is 10.2. The maximum Gasteiger partial charge on any atom is 0.411 e. The molecule has 41 heavy (non-hydrogen) atoms. The third kappa shape index (κ3) is 8.15. The fourth-order valence-electron chi connectivity index (χ4n) is 6.19. The number of nitrogens with one attached hydrogen (secondary N) is 1. The molecule has 2 fully saturated rings. The van der Waals surface area contributed by atoms with Crippen molar-refractivity contribution in [2.24, 2.45) is 5.92 Å². The summed E-state index contributed by atoms with van der Waals surface area (Å²) in [5.41, 5.74) is 3.39. The van der Waals surface area contributed by atoms with Crippen LogP contribution in [-0.2, 0) is 27.2 Å². The van der Waals surface area contributed by atoms with Gasteiger partial charge in [0.25, 0.3) is 0 Å². The first-order chi connectivity index (χ1) is 19.6. The van der Waals surface area contributed by atoms with Crippen LogP contribution in [-0.4, -0.2) is 62.5 Å². The lowest BCUT2D eigenvalue weighted by molar-refractivity contribution is -0.145. The fourth-order valence-corrected chi connectivity index (χ4v) is 6.19. The highest BCUT2D eigenvalue weighted by atomic mass is 16.6. The van der Waals surface area contributed by atoms with E-state index in [9.17, 15) is 9.59 Å².